The van der Waals surface area contributed by atoms with Gasteiger partial charge in [0, 0.05) is 38.5 Å². The molecule has 0 radical (unpaired) electrons. The fraction of sp³-hybridized carbons (Fsp3) is 0. The van der Waals surface area contributed by atoms with Crippen molar-refractivity contribution in [3.8, 4) is 62.1 Å². The molecular formula is C63H40N4O. The van der Waals surface area contributed by atoms with Crippen LogP contribution in [0.25, 0.3) is 127 Å². The number of nitrogens with zero attached hydrogens (tertiary/aromatic N) is 4. The Labute approximate surface area is 392 Å². The molecule has 10 aromatic carbocycles. The van der Waals surface area contributed by atoms with Crippen LogP contribution in [-0.2, 0) is 0 Å². The normalized spacial score (nSPS) is 11.5. The molecule has 0 unspecified atom stereocenters. The summed E-state index contributed by atoms with van der Waals surface area (Å²) in [5.41, 5.74) is 12.1. The molecule has 0 aliphatic heterocycles. The third-order valence-corrected chi connectivity index (χ3v) is 13.1. The van der Waals surface area contributed by atoms with E-state index in [0.717, 1.165) is 93.6 Å². The highest BCUT2D eigenvalue weighted by Crippen LogP contribution is 2.41. The minimum absolute atomic E-state index is 0.618. The van der Waals surface area contributed by atoms with Gasteiger partial charge in [-0.15, -0.1) is 0 Å². The molecule has 3 heterocycles. The summed E-state index contributed by atoms with van der Waals surface area (Å²) in [7, 11) is 0. The highest BCUT2D eigenvalue weighted by molar-refractivity contribution is 6.26. The van der Waals surface area contributed by atoms with E-state index in [1.807, 2.05) is 66.7 Å². The Hall–Kier alpha value is -9.19. The van der Waals surface area contributed by atoms with Crippen molar-refractivity contribution in [3.05, 3.63) is 243 Å². The molecule has 5 nitrogen and oxygen atoms in total. The third-order valence-electron chi connectivity index (χ3n) is 13.1. The van der Waals surface area contributed by atoms with Crippen molar-refractivity contribution in [1.29, 1.82) is 0 Å². The minimum atomic E-state index is 0.618. The quantitative estimate of drug-likeness (QED) is 0.167. The van der Waals surface area contributed by atoms with E-state index >= 15 is 0 Å². The van der Waals surface area contributed by atoms with Gasteiger partial charge < -0.3 is 8.98 Å². The zero-order chi connectivity index (χ0) is 45.0. The third kappa shape index (κ3) is 6.76. The van der Waals surface area contributed by atoms with Gasteiger partial charge in [0.1, 0.15) is 11.2 Å². The molecule has 0 amide bonds. The summed E-state index contributed by atoms with van der Waals surface area (Å²) in [4.78, 5) is 15.0. The number of hydrogen-bond donors (Lipinski definition) is 0. The first-order valence-electron chi connectivity index (χ1n) is 22.9. The molecular weight excluding hydrogens is 829 g/mol. The Morgan fingerprint density at radius 2 is 0.735 bits per heavy atom. The zero-order valence-electron chi connectivity index (χ0n) is 36.8. The Kier molecular flexibility index (Phi) is 9.43. The molecule has 5 heteroatoms. The highest BCUT2D eigenvalue weighted by atomic mass is 16.3. The zero-order valence-corrected chi connectivity index (χ0v) is 36.8. The second kappa shape index (κ2) is 16.4. The average molecular weight is 869 g/mol. The first-order chi connectivity index (χ1) is 33.7. The first kappa shape index (κ1) is 39.2. The van der Waals surface area contributed by atoms with Crippen LogP contribution in [0.2, 0.25) is 0 Å². The van der Waals surface area contributed by atoms with Gasteiger partial charge in [0.05, 0.1) is 16.4 Å². The van der Waals surface area contributed by atoms with Gasteiger partial charge >= 0.3 is 0 Å². The average Bonchev–Trinajstić information content (AvgIpc) is 3.82. The smallest absolute Gasteiger partial charge is 0.164 e. The van der Waals surface area contributed by atoms with Gasteiger partial charge in [-0.2, -0.15) is 0 Å². The second-order valence-corrected chi connectivity index (χ2v) is 17.1. The summed E-state index contributed by atoms with van der Waals surface area (Å²) in [5, 5.41) is 9.06. The number of fused-ring (bicyclic) bond motifs is 11. The predicted octanol–water partition coefficient (Wildman–Crippen LogP) is 16.6. The topological polar surface area (TPSA) is 56.7 Å². The molecule has 318 valence electrons. The van der Waals surface area contributed by atoms with Gasteiger partial charge in [-0.1, -0.05) is 194 Å². The largest absolute Gasteiger partial charge is 0.456 e. The van der Waals surface area contributed by atoms with Crippen LogP contribution in [0.3, 0.4) is 0 Å². The van der Waals surface area contributed by atoms with Crippen LogP contribution < -0.4 is 0 Å². The predicted molar refractivity (Wildman–Crippen MR) is 281 cm³/mol. The van der Waals surface area contributed by atoms with Gasteiger partial charge in [-0.3, -0.25) is 0 Å². The van der Waals surface area contributed by atoms with Gasteiger partial charge in [0.25, 0.3) is 0 Å². The molecule has 68 heavy (non-hydrogen) atoms. The molecule has 13 rings (SSSR count). The molecule has 0 atom stereocenters. The lowest BCUT2D eigenvalue weighted by atomic mass is 9.99. The molecule has 3 aromatic heterocycles. The first-order valence-corrected chi connectivity index (χ1v) is 22.9. The summed E-state index contributed by atoms with van der Waals surface area (Å²) in [6, 6.07) is 85.7. The number of hydrogen-bond acceptors (Lipinski definition) is 4. The van der Waals surface area contributed by atoms with E-state index in [2.05, 4.69) is 180 Å². The van der Waals surface area contributed by atoms with Crippen LogP contribution >= 0.6 is 0 Å². The number of rotatable bonds is 6. The van der Waals surface area contributed by atoms with E-state index in [1.54, 1.807) is 0 Å². The van der Waals surface area contributed by atoms with Gasteiger partial charge in [-0.25, -0.2) is 15.0 Å². The van der Waals surface area contributed by atoms with E-state index in [0.29, 0.717) is 17.5 Å². The van der Waals surface area contributed by atoms with E-state index in [1.165, 1.54) is 16.3 Å². The van der Waals surface area contributed by atoms with E-state index in [4.69, 9.17) is 19.4 Å². The maximum Gasteiger partial charge on any atom is 0.164 e. The Morgan fingerprint density at radius 1 is 0.279 bits per heavy atom. The van der Waals surface area contributed by atoms with Crippen LogP contribution in [-0.4, -0.2) is 19.5 Å². The van der Waals surface area contributed by atoms with Crippen molar-refractivity contribution >= 4 is 65.3 Å². The van der Waals surface area contributed by atoms with Crippen LogP contribution in [0.15, 0.2) is 247 Å². The summed E-state index contributed by atoms with van der Waals surface area (Å²) in [6.45, 7) is 0. The number of furan rings is 1. The summed E-state index contributed by atoms with van der Waals surface area (Å²) in [6.07, 6.45) is 0. The molecule has 0 bridgehead atoms. The lowest BCUT2D eigenvalue weighted by molar-refractivity contribution is 0.669. The number of para-hydroxylation sites is 1. The monoisotopic (exact) mass is 868 g/mol. The van der Waals surface area contributed by atoms with Crippen LogP contribution in [0.4, 0.5) is 0 Å². The molecule has 0 N–H and O–H groups in total. The van der Waals surface area contributed by atoms with Crippen molar-refractivity contribution in [2.45, 2.75) is 0 Å². The Bertz CT molecular complexity index is 4060. The molecule has 0 aliphatic carbocycles. The summed E-state index contributed by atoms with van der Waals surface area (Å²) in [5.74, 6) is 1.89. The standard InChI is InChI=1S/C63H40N4O/c1-4-17-41(18-5-1)46-33-37-56-55(40-46)52-28-13-11-26-50(52)49-25-10-12-27-51(49)53-36-38-58-59(54-29-14-15-30-57(54)68-58)60(53)67(56)48-34-31-42(32-35-48)45-23-16-24-47(39-45)63-65-61(43-19-6-2-7-20-43)64-62(66-63)44-21-8-3-9-22-44/h1-40H. The lowest BCUT2D eigenvalue weighted by Crippen LogP contribution is -2.00. The van der Waals surface area contributed by atoms with Crippen molar-refractivity contribution in [2.75, 3.05) is 0 Å². The van der Waals surface area contributed by atoms with Crippen molar-refractivity contribution in [3.63, 3.8) is 0 Å². The fourth-order valence-electron chi connectivity index (χ4n) is 9.88. The van der Waals surface area contributed by atoms with Gasteiger partial charge in [0.15, 0.2) is 17.5 Å². The minimum Gasteiger partial charge on any atom is -0.456 e. The number of benzene rings is 10. The van der Waals surface area contributed by atoms with E-state index < -0.39 is 0 Å². The van der Waals surface area contributed by atoms with Crippen LogP contribution in [0.5, 0.6) is 0 Å². The van der Waals surface area contributed by atoms with Crippen molar-refractivity contribution in [2.24, 2.45) is 0 Å². The Balaban J connectivity index is 1.07. The molecule has 0 saturated heterocycles. The molecule has 0 spiro atoms. The Morgan fingerprint density at radius 3 is 1.37 bits per heavy atom. The molecule has 0 aliphatic rings. The highest BCUT2D eigenvalue weighted by Gasteiger charge is 2.19. The SMILES string of the molecule is c1ccc(-c2ccc3c(c2)c2ccccc2c2ccccc2c2ccc4oc5ccccc5c4c2n3-c2ccc(-c3cccc(-c4nc(-c5ccccc5)nc(-c5ccccc5)n4)c3)cc2)cc1. The lowest BCUT2D eigenvalue weighted by Gasteiger charge is -2.16. The van der Waals surface area contributed by atoms with Crippen molar-refractivity contribution < 1.29 is 4.42 Å². The maximum absolute atomic E-state index is 6.67. The van der Waals surface area contributed by atoms with Crippen molar-refractivity contribution in [1.82, 2.24) is 19.5 Å². The molecule has 0 fully saturated rings. The van der Waals surface area contributed by atoms with E-state index in [9.17, 15) is 0 Å². The summed E-state index contributed by atoms with van der Waals surface area (Å²) < 4.78 is 9.13. The fourth-order valence-corrected chi connectivity index (χ4v) is 9.88. The van der Waals surface area contributed by atoms with Gasteiger partial charge in [0.2, 0.25) is 0 Å². The summed E-state index contributed by atoms with van der Waals surface area (Å²) >= 11 is 0. The molecule has 0 saturated carbocycles. The van der Waals surface area contributed by atoms with Crippen LogP contribution in [0.1, 0.15) is 0 Å². The maximum atomic E-state index is 6.67. The second-order valence-electron chi connectivity index (χ2n) is 17.1. The molecule has 13 aromatic rings. The van der Waals surface area contributed by atoms with E-state index in [-0.39, 0.29) is 0 Å². The number of aromatic nitrogens is 4. The van der Waals surface area contributed by atoms with Gasteiger partial charge in [-0.05, 0) is 92.3 Å². The van der Waals surface area contributed by atoms with Crippen LogP contribution in [0, 0.1) is 0 Å².